The molecule has 2 aliphatic carbocycles. The quantitative estimate of drug-likeness (QED) is 0.709. The third-order valence-corrected chi connectivity index (χ3v) is 5.17. The van der Waals surface area contributed by atoms with Crippen molar-refractivity contribution in [1.29, 1.82) is 0 Å². The molecule has 4 rings (SSSR count). The molecule has 4 aliphatic rings. The molecule has 3 fully saturated rings. The Morgan fingerprint density at radius 1 is 1.39 bits per heavy atom. The lowest BCUT2D eigenvalue weighted by molar-refractivity contribution is -0.140. The lowest BCUT2D eigenvalue weighted by Gasteiger charge is -2.35. The van der Waals surface area contributed by atoms with Crippen LogP contribution in [0.2, 0.25) is 0 Å². The van der Waals surface area contributed by atoms with Gasteiger partial charge >= 0.3 is 0 Å². The van der Waals surface area contributed by atoms with E-state index in [1.807, 2.05) is 0 Å². The summed E-state index contributed by atoms with van der Waals surface area (Å²) >= 11 is 0. The van der Waals surface area contributed by atoms with Gasteiger partial charge < -0.3 is 9.64 Å². The predicted octanol–water partition coefficient (Wildman–Crippen LogP) is 2.25. The second-order valence-electron chi connectivity index (χ2n) is 5.99. The molecule has 0 radical (unpaired) electrons. The monoisotopic (exact) mass is 245 g/mol. The van der Waals surface area contributed by atoms with Gasteiger partial charge in [-0.25, -0.2) is 0 Å². The summed E-state index contributed by atoms with van der Waals surface area (Å²) in [6, 6.07) is 0.266. The Bertz CT molecular complexity index is 442. The van der Waals surface area contributed by atoms with Crippen molar-refractivity contribution in [2.45, 2.75) is 43.9 Å². The molecule has 0 aromatic rings. The van der Waals surface area contributed by atoms with Crippen molar-refractivity contribution in [3.8, 4) is 0 Å². The minimum atomic E-state index is -0.212. The van der Waals surface area contributed by atoms with Crippen molar-refractivity contribution in [3.63, 3.8) is 0 Å². The Balaban J connectivity index is 1.66. The van der Waals surface area contributed by atoms with Crippen LogP contribution in [-0.4, -0.2) is 29.2 Å². The van der Waals surface area contributed by atoms with Gasteiger partial charge in [-0.05, 0) is 25.7 Å². The van der Waals surface area contributed by atoms with E-state index in [2.05, 4.69) is 29.2 Å². The Labute approximate surface area is 107 Å². The fourth-order valence-corrected chi connectivity index (χ4v) is 4.36. The third kappa shape index (κ3) is 1.26. The van der Waals surface area contributed by atoms with Gasteiger partial charge in [0.2, 0.25) is 5.91 Å². The highest BCUT2D eigenvalue weighted by atomic mass is 16.5. The van der Waals surface area contributed by atoms with Crippen LogP contribution in [0.15, 0.2) is 24.3 Å². The van der Waals surface area contributed by atoms with Gasteiger partial charge in [0.05, 0.1) is 12.6 Å². The van der Waals surface area contributed by atoms with E-state index in [1.54, 1.807) is 0 Å². The van der Waals surface area contributed by atoms with E-state index < -0.39 is 0 Å². The van der Waals surface area contributed by atoms with Gasteiger partial charge in [0.1, 0.15) is 5.72 Å². The van der Waals surface area contributed by atoms with Gasteiger partial charge in [-0.2, -0.15) is 0 Å². The average molecular weight is 245 g/mol. The largest absolute Gasteiger partial charge is 0.353 e. The molecular formula is C15H19NO2. The number of amides is 1. The molecule has 18 heavy (non-hydrogen) atoms. The van der Waals surface area contributed by atoms with Gasteiger partial charge in [-0.15, -0.1) is 0 Å². The SMILES string of the molecule is O=C1C[C@H]2CCCC23OC[C@@H](C2C=CC=CC2)N13. The molecule has 0 aromatic heterocycles. The molecular weight excluding hydrogens is 226 g/mol. The normalized spacial score (nSPS) is 45.7. The molecule has 1 spiro atoms. The van der Waals surface area contributed by atoms with Crippen molar-refractivity contribution >= 4 is 5.91 Å². The molecule has 0 aromatic carbocycles. The van der Waals surface area contributed by atoms with Crippen LogP contribution in [0.5, 0.6) is 0 Å². The van der Waals surface area contributed by atoms with Gasteiger partial charge in [0.25, 0.3) is 0 Å². The maximum absolute atomic E-state index is 12.3. The van der Waals surface area contributed by atoms with E-state index in [1.165, 1.54) is 6.42 Å². The van der Waals surface area contributed by atoms with Crippen LogP contribution in [0, 0.1) is 11.8 Å². The minimum absolute atomic E-state index is 0.212. The molecule has 96 valence electrons. The first-order valence-corrected chi connectivity index (χ1v) is 7.11. The number of allylic oxidation sites excluding steroid dienone is 3. The Kier molecular flexibility index (Phi) is 2.22. The molecule has 1 amide bonds. The van der Waals surface area contributed by atoms with E-state index in [-0.39, 0.29) is 11.8 Å². The maximum Gasteiger partial charge on any atom is 0.225 e. The number of carbonyl (C=O) groups excluding carboxylic acids is 1. The highest BCUT2D eigenvalue weighted by Gasteiger charge is 2.62. The summed E-state index contributed by atoms with van der Waals surface area (Å²) in [4.78, 5) is 14.4. The molecule has 2 saturated heterocycles. The molecule has 0 N–H and O–H groups in total. The van der Waals surface area contributed by atoms with Crippen LogP contribution < -0.4 is 0 Å². The highest BCUT2D eigenvalue weighted by molar-refractivity contribution is 5.81. The number of rotatable bonds is 1. The summed E-state index contributed by atoms with van der Waals surface area (Å²) < 4.78 is 6.17. The number of hydrogen-bond donors (Lipinski definition) is 0. The standard InChI is InChI=1S/C15H19NO2/c17-14-9-12-7-4-8-15(12)16(14)13(10-18-15)11-5-2-1-3-6-11/h1-3,5,11-13H,4,6-10H2/t11?,12-,13+,15?/m1/s1. The van der Waals surface area contributed by atoms with Crippen molar-refractivity contribution in [3.05, 3.63) is 24.3 Å². The van der Waals surface area contributed by atoms with Gasteiger partial charge in [-0.1, -0.05) is 24.3 Å². The summed E-state index contributed by atoms with van der Waals surface area (Å²) in [6.07, 6.45) is 13.8. The number of ether oxygens (including phenoxy) is 1. The van der Waals surface area contributed by atoms with Crippen molar-refractivity contribution in [2.75, 3.05) is 6.61 Å². The third-order valence-electron chi connectivity index (χ3n) is 5.17. The molecule has 2 unspecified atom stereocenters. The molecule has 0 bridgehead atoms. The number of carbonyl (C=O) groups is 1. The number of nitrogens with zero attached hydrogens (tertiary/aromatic N) is 1. The molecule has 1 saturated carbocycles. The zero-order chi connectivity index (χ0) is 12.2. The van der Waals surface area contributed by atoms with Gasteiger partial charge in [0.15, 0.2) is 0 Å². The zero-order valence-corrected chi connectivity index (χ0v) is 10.5. The van der Waals surface area contributed by atoms with E-state index in [0.717, 1.165) is 25.9 Å². The van der Waals surface area contributed by atoms with Crippen molar-refractivity contribution in [2.24, 2.45) is 11.8 Å². The van der Waals surface area contributed by atoms with E-state index in [4.69, 9.17) is 4.74 Å². The lowest BCUT2D eigenvalue weighted by atomic mass is 9.92. The Hall–Kier alpha value is -1.09. The first kappa shape index (κ1) is 10.8. The predicted molar refractivity (Wildman–Crippen MR) is 67.7 cm³/mol. The fraction of sp³-hybridized carbons (Fsp3) is 0.667. The highest BCUT2D eigenvalue weighted by Crippen LogP contribution is 2.53. The van der Waals surface area contributed by atoms with Crippen molar-refractivity contribution < 1.29 is 9.53 Å². The molecule has 2 aliphatic heterocycles. The van der Waals surface area contributed by atoms with Crippen LogP contribution in [0.1, 0.15) is 32.1 Å². The summed E-state index contributed by atoms with van der Waals surface area (Å²) in [5.41, 5.74) is -0.212. The maximum atomic E-state index is 12.3. The molecule has 3 heteroatoms. The van der Waals surface area contributed by atoms with Crippen LogP contribution in [-0.2, 0) is 9.53 Å². The smallest absolute Gasteiger partial charge is 0.225 e. The van der Waals surface area contributed by atoms with E-state index >= 15 is 0 Å². The van der Waals surface area contributed by atoms with E-state index in [0.29, 0.717) is 24.2 Å². The average Bonchev–Trinajstić information content (AvgIpc) is 3.02. The first-order valence-electron chi connectivity index (χ1n) is 7.11. The van der Waals surface area contributed by atoms with Gasteiger partial charge in [0, 0.05) is 18.3 Å². The van der Waals surface area contributed by atoms with Crippen LogP contribution in [0.3, 0.4) is 0 Å². The van der Waals surface area contributed by atoms with Crippen LogP contribution >= 0.6 is 0 Å². The zero-order valence-electron chi connectivity index (χ0n) is 10.5. The summed E-state index contributed by atoms with van der Waals surface area (Å²) in [5.74, 6) is 1.22. The molecule has 3 nitrogen and oxygen atoms in total. The summed E-state index contributed by atoms with van der Waals surface area (Å²) in [6.45, 7) is 0.727. The Morgan fingerprint density at radius 2 is 2.33 bits per heavy atom. The minimum Gasteiger partial charge on any atom is -0.353 e. The Morgan fingerprint density at radius 3 is 3.17 bits per heavy atom. The molecule has 4 atom stereocenters. The van der Waals surface area contributed by atoms with E-state index in [9.17, 15) is 4.79 Å². The van der Waals surface area contributed by atoms with Crippen molar-refractivity contribution in [1.82, 2.24) is 4.90 Å². The lowest BCUT2D eigenvalue weighted by Crippen LogP contribution is -2.48. The summed E-state index contributed by atoms with van der Waals surface area (Å²) in [5, 5.41) is 0. The fourth-order valence-electron chi connectivity index (χ4n) is 4.36. The second kappa shape index (κ2) is 3.70. The second-order valence-corrected chi connectivity index (χ2v) is 5.99. The van der Waals surface area contributed by atoms with Crippen LogP contribution in [0.4, 0.5) is 0 Å². The van der Waals surface area contributed by atoms with Gasteiger partial charge in [-0.3, -0.25) is 4.79 Å². The summed E-state index contributed by atoms with van der Waals surface area (Å²) in [7, 11) is 0. The molecule has 2 heterocycles. The first-order chi connectivity index (χ1) is 8.81. The number of hydrogen-bond acceptors (Lipinski definition) is 2. The van der Waals surface area contributed by atoms with Crippen LogP contribution in [0.25, 0.3) is 0 Å². The topological polar surface area (TPSA) is 29.5 Å².